The Morgan fingerprint density at radius 1 is 1.72 bits per heavy atom. The van der Waals surface area contributed by atoms with Gasteiger partial charge in [-0.1, -0.05) is 0 Å². The van der Waals surface area contributed by atoms with E-state index < -0.39 is 4.92 Å². The number of nitrogens with one attached hydrogen (secondary N) is 2. The molecule has 0 radical (unpaired) electrons. The quantitative estimate of drug-likeness (QED) is 0.611. The van der Waals surface area contributed by atoms with Gasteiger partial charge in [-0.15, -0.1) is 0 Å². The Morgan fingerprint density at radius 3 is 3.11 bits per heavy atom. The molecule has 1 unspecified atom stereocenters. The zero-order valence-electron chi connectivity index (χ0n) is 10.2. The fourth-order valence-electron chi connectivity index (χ4n) is 2.32. The highest BCUT2D eigenvalue weighted by molar-refractivity contribution is 5.93. The van der Waals surface area contributed by atoms with Gasteiger partial charge in [-0.25, -0.2) is 0 Å². The van der Waals surface area contributed by atoms with E-state index in [2.05, 4.69) is 10.3 Å². The van der Waals surface area contributed by atoms with Crippen LogP contribution in [0.4, 0.5) is 5.69 Å². The fourth-order valence-corrected chi connectivity index (χ4v) is 2.32. The summed E-state index contributed by atoms with van der Waals surface area (Å²) in [6, 6.07) is 1.46. The van der Waals surface area contributed by atoms with E-state index >= 15 is 0 Å². The molecule has 2 heterocycles. The predicted octanol–water partition coefficient (Wildman–Crippen LogP) is 0.747. The Hall–Kier alpha value is -1.89. The number of hydrogen-bond acceptors (Lipinski definition) is 4. The van der Waals surface area contributed by atoms with Gasteiger partial charge in [0.15, 0.2) is 0 Å². The number of H-pyrrole nitrogens is 1. The van der Waals surface area contributed by atoms with Crippen molar-refractivity contribution in [1.82, 2.24) is 15.2 Å². The van der Waals surface area contributed by atoms with Gasteiger partial charge in [-0.05, 0) is 19.9 Å². The summed E-state index contributed by atoms with van der Waals surface area (Å²) in [5.74, 6) is -0.166. The van der Waals surface area contributed by atoms with Crippen LogP contribution in [0.5, 0.6) is 0 Å². The zero-order chi connectivity index (χ0) is 13.1. The van der Waals surface area contributed by atoms with Crippen molar-refractivity contribution in [2.45, 2.75) is 18.9 Å². The van der Waals surface area contributed by atoms with Crippen molar-refractivity contribution in [3.8, 4) is 0 Å². The largest absolute Gasteiger partial charge is 0.351 e. The molecule has 0 saturated carbocycles. The molecule has 1 aromatic rings. The first-order valence-electron chi connectivity index (χ1n) is 5.92. The van der Waals surface area contributed by atoms with Crippen molar-refractivity contribution < 1.29 is 9.72 Å². The summed E-state index contributed by atoms with van der Waals surface area (Å²) in [6.07, 6.45) is 3.19. The summed E-state index contributed by atoms with van der Waals surface area (Å²) < 4.78 is 0. The molecule has 0 aliphatic carbocycles. The van der Waals surface area contributed by atoms with Crippen LogP contribution in [0.1, 0.15) is 23.3 Å². The van der Waals surface area contributed by atoms with E-state index in [4.69, 9.17) is 0 Å². The number of nitro groups is 1. The van der Waals surface area contributed by atoms with Crippen LogP contribution in [0.15, 0.2) is 12.3 Å². The highest BCUT2D eigenvalue weighted by Crippen LogP contribution is 2.21. The number of nitrogens with zero attached hydrogens (tertiary/aromatic N) is 2. The molecule has 1 aromatic heterocycles. The van der Waals surface area contributed by atoms with Crippen LogP contribution < -0.4 is 5.32 Å². The van der Waals surface area contributed by atoms with Crippen LogP contribution in [0.3, 0.4) is 0 Å². The molecule has 0 spiro atoms. The molecule has 0 bridgehead atoms. The third-order valence-electron chi connectivity index (χ3n) is 3.19. The second kappa shape index (κ2) is 5.18. The molecule has 18 heavy (non-hydrogen) atoms. The van der Waals surface area contributed by atoms with E-state index in [0.29, 0.717) is 6.54 Å². The van der Waals surface area contributed by atoms with Gasteiger partial charge in [-0.2, -0.15) is 0 Å². The molecule has 7 nitrogen and oxygen atoms in total. The second-order valence-corrected chi connectivity index (χ2v) is 4.38. The number of amides is 1. The number of rotatable bonds is 4. The second-order valence-electron chi connectivity index (χ2n) is 4.38. The molecule has 2 rings (SSSR count). The standard InChI is InChI=1S/C11H16N4O3/c1-12-6-8-3-2-4-14(8)11(16)10-5-9(7-13-10)15(17)18/h5,7-8,12-13H,2-4,6H2,1H3. The average molecular weight is 252 g/mol. The van der Waals surface area contributed by atoms with Gasteiger partial charge < -0.3 is 15.2 Å². The third kappa shape index (κ3) is 2.35. The Bertz CT molecular complexity index is 457. The molecular formula is C11H16N4O3. The Labute approximate surface area is 104 Å². The van der Waals surface area contributed by atoms with Crippen LogP contribution in [-0.4, -0.2) is 46.9 Å². The van der Waals surface area contributed by atoms with Crippen molar-refractivity contribution in [3.63, 3.8) is 0 Å². The molecule has 1 aliphatic rings. The average Bonchev–Trinajstić information content (AvgIpc) is 2.97. The number of likely N-dealkylation sites (tertiary alicyclic amines) is 1. The molecule has 2 N–H and O–H groups in total. The Morgan fingerprint density at radius 2 is 2.50 bits per heavy atom. The summed E-state index contributed by atoms with van der Waals surface area (Å²) in [5, 5.41) is 13.6. The summed E-state index contributed by atoms with van der Waals surface area (Å²) in [6.45, 7) is 1.45. The SMILES string of the molecule is CNCC1CCCN1C(=O)c1cc([N+](=O)[O-])c[nH]1. The van der Waals surface area contributed by atoms with Crippen molar-refractivity contribution >= 4 is 11.6 Å². The first-order valence-corrected chi connectivity index (χ1v) is 5.92. The maximum atomic E-state index is 12.2. The van der Waals surface area contributed by atoms with Crippen molar-refractivity contribution in [2.75, 3.05) is 20.1 Å². The highest BCUT2D eigenvalue weighted by Gasteiger charge is 2.30. The van der Waals surface area contributed by atoms with Gasteiger partial charge in [-0.3, -0.25) is 14.9 Å². The Balaban J connectivity index is 2.12. The molecule has 7 heteroatoms. The van der Waals surface area contributed by atoms with Gasteiger partial charge in [0.05, 0.1) is 11.1 Å². The molecule has 1 fully saturated rings. The first-order chi connectivity index (χ1) is 8.63. The summed E-state index contributed by atoms with van der Waals surface area (Å²) in [4.78, 5) is 26.7. The molecule has 98 valence electrons. The molecule has 1 aliphatic heterocycles. The molecular weight excluding hydrogens is 236 g/mol. The van der Waals surface area contributed by atoms with Crippen LogP contribution in [-0.2, 0) is 0 Å². The number of hydrogen-bond donors (Lipinski definition) is 2. The van der Waals surface area contributed by atoms with E-state index in [1.807, 2.05) is 7.05 Å². The van der Waals surface area contributed by atoms with Gasteiger partial charge >= 0.3 is 0 Å². The van der Waals surface area contributed by atoms with E-state index in [1.165, 1.54) is 12.3 Å². The zero-order valence-corrected chi connectivity index (χ0v) is 10.2. The lowest BCUT2D eigenvalue weighted by atomic mass is 10.2. The van der Waals surface area contributed by atoms with E-state index in [0.717, 1.165) is 19.4 Å². The molecule has 0 aromatic carbocycles. The number of likely N-dealkylation sites (N-methyl/N-ethyl adjacent to an activating group) is 1. The monoisotopic (exact) mass is 252 g/mol. The van der Waals surface area contributed by atoms with Gasteiger partial charge in [0.2, 0.25) is 0 Å². The minimum absolute atomic E-state index is 0.0808. The first kappa shape index (κ1) is 12.6. The van der Waals surface area contributed by atoms with E-state index in [1.54, 1.807) is 4.90 Å². The van der Waals surface area contributed by atoms with Crippen molar-refractivity contribution in [3.05, 3.63) is 28.1 Å². The van der Waals surface area contributed by atoms with E-state index in [9.17, 15) is 14.9 Å². The minimum Gasteiger partial charge on any atom is -0.351 e. The lowest BCUT2D eigenvalue weighted by molar-refractivity contribution is -0.384. The number of aromatic nitrogens is 1. The van der Waals surface area contributed by atoms with Crippen molar-refractivity contribution in [1.29, 1.82) is 0 Å². The Kier molecular flexibility index (Phi) is 3.61. The van der Waals surface area contributed by atoms with Crippen LogP contribution in [0.2, 0.25) is 0 Å². The maximum Gasteiger partial charge on any atom is 0.287 e. The smallest absolute Gasteiger partial charge is 0.287 e. The summed E-state index contributed by atoms with van der Waals surface area (Å²) in [5.41, 5.74) is 0.201. The lowest BCUT2D eigenvalue weighted by Gasteiger charge is -2.23. The molecule has 1 atom stereocenters. The minimum atomic E-state index is -0.512. The van der Waals surface area contributed by atoms with Gasteiger partial charge in [0.1, 0.15) is 5.69 Å². The van der Waals surface area contributed by atoms with Crippen LogP contribution >= 0.6 is 0 Å². The van der Waals surface area contributed by atoms with E-state index in [-0.39, 0.29) is 23.3 Å². The predicted molar refractivity (Wildman–Crippen MR) is 65.4 cm³/mol. The van der Waals surface area contributed by atoms with Crippen LogP contribution in [0, 0.1) is 10.1 Å². The highest BCUT2D eigenvalue weighted by atomic mass is 16.6. The molecule has 1 amide bonds. The topological polar surface area (TPSA) is 91.3 Å². The number of carbonyl (C=O) groups excluding carboxylic acids is 1. The van der Waals surface area contributed by atoms with Crippen LogP contribution in [0.25, 0.3) is 0 Å². The maximum absolute atomic E-state index is 12.2. The fraction of sp³-hybridized carbons (Fsp3) is 0.545. The number of aromatic amines is 1. The van der Waals surface area contributed by atoms with Gasteiger partial charge in [0, 0.05) is 25.2 Å². The molecule has 1 saturated heterocycles. The lowest BCUT2D eigenvalue weighted by Crippen LogP contribution is -2.40. The summed E-state index contributed by atoms with van der Waals surface area (Å²) >= 11 is 0. The summed E-state index contributed by atoms with van der Waals surface area (Å²) in [7, 11) is 1.85. The normalized spacial score (nSPS) is 19.2. The third-order valence-corrected chi connectivity index (χ3v) is 3.19. The van der Waals surface area contributed by atoms with Crippen molar-refractivity contribution in [2.24, 2.45) is 0 Å². The van der Waals surface area contributed by atoms with Gasteiger partial charge in [0.25, 0.3) is 11.6 Å². The number of carbonyl (C=O) groups is 1.